The number of rotatable bonds is 3. The quantitative estimate of drug-likeness (QED) is 0.486. The third-order valence-corrected chi connectivity index (χ3v) is 6.61. The van der Waals surface area contributed by atoms with Crippen LogP contribution in [0.4, 0.5) is 0 Å². The number of fused-ring (bicyclic) bond motifs is 3. The van der Waals surface area contributed by atoms with Crippen molar-refractivity contribution in [3.63, 3.8) is 0 Å². The van der Waals surface area contributed by atoms with Gasteiger partial charge >= 0.3 is 0 Å². The van der Waals surface area contributed by atoms with E-state index < -0.39 is 0 Å². The second-order valence-electron chi connectivity index (χ2n) is 8.20. The van der Waals surface area contributed by atoms with Crippen molar-refractivity contribution >= 4 is 21.8 Å². The molecule has 3 heterocycles. The van der Waals surface area contributed by atoms with Gasteiger partial charge in [0.05, 0.1) is 24.2 Å². The van der Waals surface area contributed by atoms with Crippen LogP contribution < -0.4 is 4.74 Å². The first-order valence-corrected chi connectivity index (χ1v) is 10.9. The molecule has 0 bridgehead atoms. The van der Waals surface area contributed by atoms with Gasteiger partial charge in [-0.25, -0.2) is 0 Å². The van der Waals surface area contributed by atoms with Crippen LogP contribution in [0.25, 0.3) is 21.8 Å². The zero-order valence-corrected chi connectivity index (χ0v) is 17.3. The van der Waals surface area contributed by atoms with Crippen molar-refractivity contribution in [1.82, 2.24) is 9.47 Å². The topological polar surface area (TPSA) is 26.6 Å². The summed E-state index contributed by atoms with van der Waals surface area (Å²) in [5.41, 5.74) is 5.23. The molecule has 30 heavy (non-hydrogen) atoms. The fraction of sp³-hybridized carbons (Fsp3) is 0.308. The van der Waals surface area contributed by atoms with Gasteiger partial charge in [0.2, 0.25) is 0 Å². The van der Waals surface area contributed by atoms with E-state index >= 15 is 0 Å². The van der Waals surface area contributed by atoms with Gasteiger partial charge in [-0.2, -0.15) is 0 Å². The van der Waals surface area contributed by atoms with Crippen LogP contribution in [-0.4, -0.2) is 42.0 Å². The van der Waals surface area contributed by atoms with E-state index in [0.717, 1.165) is 38.5 Å². The lowest BCUT2D eigenvalue weighted by atomic mass is 10.0. The van der Waals surface area contributed by atoms with Crippen molar-refractivity contribution in [1.29, 1.82) is 0 Å². The largest absolute Gasteiger partial charge is 0.470 e. The minimum atomic E-state index is -0.0603. The van der Waals surface area contributed by atoms with E-state index in [1.54, 1.807) is 0 Å². The molecule has 1 saturated heterocycles. The SMILES string of the molecule is CCc1cccc2c3cccc4c3n(c12)C(c1ccccc1)C(N1CCOCC1)O4. The van der Waals surface area contributed by atoms with E-state index in [1.165, 1.54) is 32.9 Å². The van der Waals surface area contributed by atoms with Crippen molar-refractivity contribution in [2.24, 2.45) is 0 Å². The number of benzene rings is 3. The van der Waals surface area contributed by atoms with Crippen molar-refractivity contribution in [3.8, 4) is 5.75 Å². The molecule has 0 spiro atoms. The number of aromatic nitrogens is 1. The Bertz CT molecular complexity index is 1210. The molecule has 0 radical (unpaired) electrons. The Hall–Kier alpha value is -2.82. The Morgan fingerprint density at radius 1 is 0.833 bits per heavy atom. The van der Waals surface area contributed by atoms with Crippen LogP contribution in [0.15, 0.2) is 66.7 Å². The van der Waals surface area contributed by atoms with Crippen LogP contribution in [0, 0.1) is 0 Å². The van der Waals surface area contributed by atoms with E-state index in [2.05, 4.69) is 83.1 Å². The maximum atomic E-state index is 6.76. The van der Waals surface area contributed by atoms with Crippen molar-refractivity contribution in [2.45, 2.75) is 25.6 Å². The van der Waals surface area contributed by atoms with Gasteiger partial charge in [-0.1, -0.05) is 67.6 Å². The number of para-hydroxylation sites is 2. The Kier molecular flexibility index (Phi) is 4.29. The fourth-order valence-corrected chi connectivity index (χ4v) is 5.24. The summed E-state index contributed by atoms with van der Waals surface area (Å²) < 4.78 is 15.0. The highest BCUT2D eigenvalue weighted by atomic mass is 16.5. The van der Waals surface area contributed by atoms with Gasteiger partial charge in [0, 0.05) is 23.9 Å². The molecule has 2 aliphatic heterocycles. The van der Waals surface area contributed by atoms with Crippen LogP contribution in [0.5, 0.6) is 5.75 Å². The van der Waals surface area contributed by atoms with Gasteiger partial charge in [0.25, 0.3) is 0 Å². The lowest BCUT2D eigenvalue weighted by molar-refractivity contribution is -0.0638. The monoisotopic (exact) mass is 398 g/mol. The first-order chi connectivity index (χ1) is 14.9. The van der Waals surface area contributed by atoms with E-state index in [9.17, 15) is 0 Å². The predicted octanol–water partition coefficient (Wildman–Crippen LogP) is 5.00. The zero-order valence-electron chi connectivity index (χ0n) is 17.3. The molecule has 0 aliphatic carbocycles. The maximum absolute atomic E-state index is 6.76. The van der Waals surface area contributed by atoms with Crippen LogP contribution in [0.1, 0.15) is 24.1 Å². The van der Waals surface area contributed by atoms with E-state index in [-0.39, 0.29) is 12.3 Å². The molecule has 0 saturated carbocycles. The summed E-state index contributed by atoms with van der Waals surface area (Å²) in [6.45, 7) is 5.53. The molecular formula is C26H26N2O2. The third kappa shape index (κ3) is 2.60. The average molecular weight is 399 g/mol. The summed E-state index contributed by atoms with van der Waals surface area (Å²) in [5.74, 6) is 0.981. The first kappa shape index (κ1) is 18.0. The fourth-order valence-electron chi connectivity index (χ4n) is 5.24. The van der Waals surface area contributed by atoms with Crippen LogP contribution in [0.2, 0.25) is 0 Å². The molecule has 1 fully saturated rings. The van der Waals surface area contributed by atoms with Crippen molar-refractivity contribution in [3.05, 3.63) is 77.9 Å². The lowest BCUT2D eigenvalue weighted by Crippen LogP contribution is -2.51. The van der Waals surface area contributed by atoms with Crippen LogP contribution in [-0.2, 0) is 11.2 Å². The molecule has 2 atom stereocenters. The number of nitrogens with zero attached hydrogens (tertiary/aromatic N) is 2. The zero-order chi connectivity index (χ0) is 20.1. The molecule has 4 aromatic rings. The summed E-state index contributed by atoms with van der Waals surface area (Å²) >= 11 is 0. The normalized spacial score (nSPS) is 21.8. The highest BCUT2D eigenvalue weighted by molar-refractivity contribution is 6.11. The molecule has 2 aliphatic rings. The summed E-state index contributed by atoms with van der Waals surface area (Å²) in [7, 11) is 0. The maximum Gasteiger partial charge on any atom is 0.178 e. The predicted molar refractivity (Wildman–Crippen MR) is 120 cm³/mol. The molecule has 3 aromatic carbocycles. The summed E-state index contributed by atoms with van der Waals surface area (Å²) in [6, 6.07) is 24.1. The number of hydrogen-bond acceptors (Lipinski definition) is 3. The average Bonchev–Trinajstić information content (AvgIpc) is 3.16. The smallest absolute Gasteiger partial charge is 0.178 e. The number of hydrogen-bond donors (Lipinski definition) is 0. The van der Waals surface area contributed by atoms with Crippen molar-refractivity contribution < 1.29 is 9.47 Å². The molecule has 4 nitrogen and oxygen atoms in total. The standard InChI is InChI=1S/C26H26N2O2/c1-2-18-10-6-11-20-21-12-7-13-22-25(21)28(23(18)20)24(19-8-4-3-5-9-19)26(30-22)27-14-16-29-17-15-27/h3-13,24,26H,2,14-17H2,1H3. The minimum Gasteiger partial charge on any atom is -0.470 e. The van der Waals surface area contributed by atoms with Crippen molar-refractivity contribution in [2.75, 3.05) is 26.3 Å². The van der Waals surface area contributed by atoms with Gasteiger partial charge in [-0.05, 0) is 23.6 Å². The third-order valence-electron chi connectivity index (χ3n) is 6.61. The van der Waals surface area contributed by atoms with Gasteiger partial charge in [-0.15, -0.1) is 0 Å². The van der Waals surface area contributed by atoms with Crippen LogP contribution >= 0.6 is 0 Å². The lowest BCUT2D eigenvalue weighted by Gasteiger charge is -2.42. The Morgan fingerprint density at radius 2 is 1.57 bits per heavy atom. The molecule has 6 rings (SSSR count). The summed E-state index contributed by atoms with van der Waals surface area (Å²) in [5, 5.41) is 2.59. The summed E-state index contributed by atoms with van der Waals surface area (Å²) in [4.78, 5) is 2.45. The van der Waals surface area contributed by atoms with E-state index in [0.29, 0.717) is 0 Å². The highest BCUT2D eigenvalue weighted by Crippen LogP contribution is 2.45. The molecule has 0 N–H and O–H groups in total. The summed E-state index contributed by atoms with van der Waals surface area (Å²) in [6.07, 6.45) is 0.947. The van der Waals surface area contributed by atoms with E-state index in [1.807, 2.05) is 0 Å². The first-order valence-electron chi connectivity index (χ1n) is 10.9. The van der Waals surface area contributed by atoms with Gasteiger partial charge in [0.1, 0.15) is 11.8 Å². The molecule has 0 amide bonds. The molecular weight excluding hydrogens is 372 g/mol. The highest BCUT2D eigenvalue weighted by Gasteiger charge is 2.39. The molecule has 1 aromatic heterocycles. The Labute approximate surface area is 176 Å². The van der Waals surface area contributed by atoms with Crippen LogP contribution in [0.3, 0.4) is 0 Å². The van der Waals surface area contributed by atoms with E-state index in [4.69, 9.17) is 9.47 Å². The second-order valence-corrected chi connectivity index (χ2v) is 8.20. The van der Waals surface area contributed by atoms with Gasteiger partial charge in [0.15, 0.2) is 6.23 Å². The second kappa shape index (κ2) is 7.15. The molecule has 152 valence electrons. The van der Waals surface area contributed by atoms with Gasteiger partial charge < -0.3 is 14.0 Å². The molecule has 2 unspecified atom stereocenters. The molecule has 4 heteroatoms. The Balaban J connectivity index is 1.68. The number of aryl methyl sites for hydroxylation is 1. The number of ether oxygens (including phenoxy) is 2. The number of morpholine rings is 1. The minimum absolute atomic E-state index is 0.0603. The Morgan fingerprint density at radius 3 is 2.33 bits per heavy atom. The van der Waals surface area contributed by atoms with Gasteiger partial charge in [-0.3, -0.25) is 4.90 Å².